The monoisotopic (exact) mass is 166 g/mol. The number of hydrogen-bond donors (Lipinski definition) is 0. The van der Waals surface area contributed by atoms with Crippen LogP contribution < -0.4 is 0 Å². The number of cyclic esters (lactones) is 2. The minimum atomic E-state index is -0.399. The number of hydrogen-bond acceptors (Lipinski definition) is 3. The lowest BCUT2D eigenvalue weighted by Gasteiger charge is -2.25. The van der Waals surface area contributed by atoms with Crippen molar-refractivity contribution in [3.8, 4) is 0 Å². The van der Waals surface area contributed by atoms with Crippen molar-refractivity contribution in [2.45, 2.75) is 25.7 Å². The molecule has 12 heavy (non-hydrogen) atoms. The van der Waals surface area contributed by atoms with Crippen molar-refractivity contribution in [3.05, 3.63) is 11.6 Å². The van der Waals surface area contributed by atoms with Crippen molar-refractivity contribution in [3.63, 3.8) is 0 Å². The largest absolute Gasteiger partial charge is 0.392 e. The fraction of sp³-hybridized carbons (Fsp3) is 0.556. The second kappa shape index (κ2) is 2.73. The molecule has 0 amide bonds. The number of ether oxygens (including phenoxy) is 1. The Morgan fingerprint density at radius 3 is 3.08 bits per heavy atom. The summed E-state index contributed by atoms with van der Waals surface area (Å²) in [5, 5.41) is 0. The Labute approximate surface area is 70.4 Å². The lowest BCUT2D eigenvalue weighted by molar-refractivity contribution is -0.164. The maximum atomic E-state index is 11.2. The highest BCUT2D eigenvalue weighted by Crippen LogP contribution is 2.31. The average molecular weight is 166 g/mol. The molecule has 1 fully saturated rings. The van der Waals surface area contributed by atoms with E-state index in [1.807, 2.05) is 6.08 Å². The fourth-order valence-electron chi connectivity index (χ4n) is 1.79. The van der Waals surface area contributed by atoms with E-state index in [0.29, 0.717) is 6.42 Å². The Bertz CT molecular complexity index is 265. The Morgan fingerprint density at radius 1 is 1.42 bits per heavy atom. The van der Waals surface area contributed by atoms with Crippen molar-refractivity contribution >= 4 is 11.9 Å². The Morgan fingerprint density at radius 2 is 2.25 bits per heavy atom. The van der Waals surface area contributed by atoms with E-state index < -0.39 is 5.97 Å². The predicted molar refractivity (Wildman–Crippen MR) is 41.1 cm³/mol. The third kappa shape index (κ3) is 1.15. The summed E-state index contributed by atoms with van der Waals surface area (Å²) in [5.74, 6) is -0.863. The molecule has 0 spiro atoms. The number of carbonyl (C=O) groups is 2. The van der Waals surface area contributed by atoms with E-state index in [1.165, 1.54) is 0 Å². The van der Waals surface area contributed by atoms with Gasteiger partial charge in [-0.2, -0.15) is 0 Å². The van der Waals surface area contributed by atoms with Crippen molar-refractivity contribution in [2.75, 3.05) is 0 Å². The number of rotatable bonds is 0. The summed E-state index contributed by atoms with van der Waals surface area (Å²) in [6, 6.07) is 0. The lowest BCUT2D eigenvalue weighted by atomic mass is 9.84. The summed E-state index contributed by atoms with van der Waals surface area (Å²) in [6.45, 7) is 0. The molecule has 1 unspecified atom stereocenters. The molecule has 0 aromatic rings. The summed E-state index contributed by atoms with van der Waals surface area (Å²) in [6.07, 6.45) is 5.19. The minimum absolute atomic E-state index is 0.114. The van der Waals surface area contributed by atoms with Crippen LogP contribution in [0.1, 0.15) is 25.7 Å². The first kappa shape index (κ1) is 7.53. The Hall–Kier alpha value is -1.12. The molecule has 0 bridgehead atoms. The van der Waals surface area contributed by atoms with Gasteiger partial charge in [-0.15, -0.1) is 0 Å². The molecule has 3 heteroatoms. The molecule has 1 heterocycles. The van der Waals surface area contributed by atoms with Gasteiger partial charge < -0.3 is 4.74 Å². The quantitative estimate of drug-likeness (QED) is 0.308. The molecule has 0 aromatic heterocycles. The van der Waals surface area contributed by atoms with Gasteiger partial charge >= 0.3 is 11.9 Å². The summed E-state index contributed by atoms with van der Waals surface area (Å²) < 4.78 is 4.54. The van der Waals surface area contributed by atoms with Crippen LogP contribution in [0.5, 0.6) is 0 Å². The number of esters is 2. The van der Waals surface area contributed by atoms with Crippen LogP contribution >= 0.6 is 0 Å². The summed E-state index contributed by atoms with van der Waals surface area (Å²) in [7, 11) is 0. The number of allylic oxidation sites excluding steroid dienone is 1. The summed E-state index contributed by atoms with van der Waals surface area (Å²) in [4.78, 5) is 22.0. The molecule has 1 atom stereocenters. The van der Waals surface area contributed by atoms with Crippen molar-refractivity contribution in [1.82, 2.24) is 0 Å². The van der Waals surface area contributed by atoms with E-state index in [2.05, 4.69) is 4.74 Å². The van der Waals surface area contributed by atoms with Crippen LogP contribution in [0.25, 0.3) is 0 Å². The number of fused-ring (bicyclic) bond motifs is 1. The van der Waals surface area contributed by atoms with Crippen molar-refractivity contribution in [2.24, 2.45) is 5.92 Å². The first-order valence-electron chi connectivity index (χ1n) is 4.21. The van der Waals surface area contributed by atoms with E-state index in [0.717, 1.165) is 24.8 Å². The van der Waals surface area contributed by atoms with E-state index in [1.54, 1.807) is 0 Å². The lowest BCUT2D eigenvalue weighted by Crippen LogP contribution is -2.31. The van der Waals surface area contributed by atoms with E-state index in [-0.39, 0.29) is 11.9 Å². The second-order valence-corrected chi connectivity index (χ2v) is 3.23. The zero-order valence-corrected chi connectivity index (χ0v) is 6.71. The van der Waals surface area contributed by atoms with Crippen LogP contribution in [0.2, 0.25) is 0 Å². The first-order valence-corrected chi connectivity index (χ1v) is 4.21. The molecule has 2 aliphatic rings. The van der Waals surface area contributed by atoms with E-state index in [9.17, 15) is 9.59 Å². The maximum absolute atomic E-state index is 11.2. The Kier molecular flexibility index (Phi) is 1.71. The van der Waals surface area contributed by atoms with Gasteiger partial charge in [0.25, 0.3) is 0 Å². The van der Waals surface area contributed by atoms with Crippen LogP contribution in [0.4, 0.5) is 0 Å². The molecular formula is C9H10O3. The molecule has 3 nitrogen and oxygen atoms in total. The van der Waals surface area contributed by atoms with Crippen LogP contribution in [-0.4, -0.2) is 11.9 Å². The Balaban J connectivity index is 2.25. The van der Waals surface area contributed by atoms with Crippen LogP contribution in [0.3, 0.4) is 0 Å². The van der Waals surface area contributed by atoms with Gasteiger partial charge in [0.2, 0.25) is 0 Å². The second-order valence-electron chi connectivity index (χ2n) is 3.23. The van der Waals surface area contributed by atoms with Gasteiger partial charge in [-0.05, 0) is 24.8 Å². The molecule has 1 saturated heterocycles. The third-order valence-corrected chi connectivity index (χ3v) is 2.40. The molecule has 0 saturated carbocycles. The van der Waals surface area contributed by atoms with Gasteiger partial charge in [0, 0.05) is 0 Å². The maximum Gasteiger partial charge on any atom is 0.320 e. The van der Waals surface area contributed by atoms with Gasteiger partial charge in [0.1, 0.15) is 0 Å². The summed E-state index contributed by atoms with van der Waals surface area (Å²) >= 11 is 0. The summed E-state index contributed by atoms with van der Waals surface area (Å²) in [5.41, 5.74) is 0.975. The molecule has 1 aliphatic heterocycles. The van der Waals surface area contributed by atoms with Gasteiger partial charge in [0.05, 0.1) is 12.3 Å². The van der Waals surface area contributed by atoms with Crippen molar-refractivity contribution in [1.29, 1.82) is 0 Å². The molecule has 1 aliphatic carbocycles. The molecule has 64 valence electrons. The van der Waals surface area contributed by atoms with Gasteiger partial charge in [0.15, 0.2) is 0 Å². The highest BCUT2D eigenvalue weighted by atomic mass is 16.6. The van der Waals surface area contributed by atoms with Crippen LogP contribution in [0, 0.1) is 5.92 Å². The highest BCUT2D eigenvalue weighted by Gasteiger charge is 2.33. The average Bonchev–Trinajstić information content (AvgIpc) is 2.04. The molecule has 0 aromatic carbocycles. The molecule has 2 rings (SSSR count). The van der Waals surface area contributed by atoms with Crippen LogP contribution in [0.15, 0.2) is 11.6 Å². The van der Waals surface area contributed by atoms with E-state index >= 15 is 0 Å². The minimum Gasteiger partial charge on any atom is -0.392 e. The fourth-order valence-corrected chi connectivity index (χ4v) is 1.79. The van der Waals surface area contributed by atoms with E-state index in [4.69, 9.17) is 0 Å². The zero-order valence-electron chi connectivity index (χ0n) is 6.71. The van der Waals surface area contributed by atoms with Gasteiger partial charge in [-0.3, -0.25) is 9.59 Å². The highest BCUT2D eigenvalue weighted by molar-refractivity contribution is 5.93. The SMILES string of the molecule is O=C1CC2=CCCCC2C(=O)O1. The normalized spacial score (nSPS) is 29.0. The molecule has 0 radical (unpaired) electrons. The smallest absolute Gasteiger partial charge is 0.320 e. The van der Waals surface area contributed by atoms with Crippen molar-refractivity contribution < 1.29 is 14.3 Å². The van der Waals surface area contributed by atoms with Crippen LogP contribution in [-0.2, 0) is 14.3 Å². The number of carbonyl (C=O) groups excluding carboxylic acids is 2. The molecule has 0 N–H and O–H groups in total. The third-order valence-electron chi connectivity index (χ3n) is 2.40. The molecular weight excluding hydrogens is 156 g/mol. The topological polar surface area (TPSA) is 43.4 Å². The standard InChI is InChI=1S/C9H10O3/c10-8-5-6-3-1-2-4-7(6)9(11)12-8/h3,7H,1-2,4-5H2. The zero-order chi connectivity index (χ0) is 8.55. The van der Waals surface area contributed by atoms with Gasteiger partial charge in [-0.25, -0.2) is 0 Å². The predicted octanol–water partition coefficient (Wildman–Crippen LogP) is 1.19. The first-order chi connectivity index (χ1) is 5.77. The van der Waals surface area contributed by atoms with Gasteiger partial charge in [-0.1, -0.05) is 6.08 Å².